The first kappa shape index (κ1) is 15.2. The van der Waals surface area contributed by atoms with Crippen LogP contribution in [-0.4, -0.2) is 27.6 Å². The summed E-state index contributed by atoms with van der Waals surface area (Å²) in [6.45, 7) is 0.404. The van der Waals surface area contributed by atoms with Crippen LogP contribution in [0, 0.1) is 0 Å². The van der Waals surface area contributed by atoms with Crippen molar-refractivity contribution in [2.75, 3.05) is 11.9 Å². The summed E-state index contributed by atoms with van der Waals surface area (Å²) in [5, 5.41) is 11.1. The van der Waals surface area contributed by atoms with Crippen molar-refractivity contribution in [2.24, 2.45) is 0 Å². The Morgan fingerprint density at radius 3 is 2.68 bits per heavy atom. The maximum absolute atomic E-state index is 12.4. The van der Waals surface area contributed by atoms with E-state index in [1.54, 1.807) is 0 Å². The van der Waals surface area contributed by atoms with Gasteiger partial charge in [-0.25, -0.2) is 9.97 Å². The summed E-state index contributed by atoms with van der Waals surface area (Å²) in [5.74, 6) is -0.928. The molecule has 5 nitrogen and oxygen atoms in total. The molecule has 1 heterocycles. The van der Waals surface area contributed by atoms with Gasteiger partial charge in [0.2, 0.25) is 5.95 Å². The number of unbranched alkanes of at least 4 members (excludes halogenated alkanes) is 2. The number of carboxylic acids is 1. The summed E-state index contributed by atoms with van der Waals surface area (Å²) in [7, 11) is 0. The lowest BCUT2D eigenvalue weighted by molar-refractivity contribution is -0.141. The van der Waals surface area contributed by atoms with Crippen LogP contribution in [0.2, 0.25) is 0 Å². The Balaban J connectivity index is 2.32. The SMILES string of the molecule is O=C(O)CCCCCNc1nccc(C(F)(F)F)n1. The third-order valence-corrected chi connectivity index (χ3v) is 2.30. The lowest BCUT2D eigenvalue weighted by Crippen LogP contribution is -2.12. The molecule has 1 aromatic heterocycles. The zero-order valence-corrected chi connectivity index (χ0v) is 10.1. The number of aliphatic carboxylic acids is 1. The van der Waals surface area contributed by atoms with Crippen molar-refractivity contribution in [3.63, 3.8) is 0 Å². The molecule has 0 aromatic carbocycles. The van der Waals surface area contributed by atoms with E-state index in [1.807, 2.05) is 0 Å². The number of halogens is 3. The molecule has 0 fully saturated rings. The van der Waals surface area contributed by atoms with Crippen molar-refractivity contribution in [1.82, 2.24) is 9.97 Å². The van der Waals surface area contributed by atoms with Crippen molar-refractivity contribution in [3.8, 4) is 0 Å². The first-order valence-electron chi connectivity index (χ1n) is 5.75. The zero-order valence-electron chi connectivity index (χ0n) is 10.1. The van der Waals surface area contributed by atoms with E-state index >= 15 is 0 Å². The summed E-state index contributed by atoms with van der Waals surface area (Å²) < 4.78 is 37.1. The van der Waals surface area contributed by atoms with E-state index in [2.05, 4.69) is 15.3 Å². The maximum Gasteiger partial charge on any atom is 0.433 e. The highest BCUT2D eigenvalue weighted by Gasteiger charge is 2.32. The summed E-state index contributed by atoms with van der Waals surface area (Å²) in [6.07, 6.45) is -1.48. The fraction of sp³-hybridized carbons (Fsp3) is 0.545. The summed E-state index contributed by atoms with van der Waals surface area (Å²) >= 11 is 0. The molecule has 0 aliphatic heterocycles. The minimum Gasteiger partial charge on any atom is -0.481 e. The van der Waals surface area contributed by atoms with Gasteiger partial charge < -0.3 is 10.4 Å². The molecule has 0 unspecified atom stereocenters. The van der Waals surface area contributed by atoms with Crippen LogP contribution in [0.15, 0.2) is 12.3 Å². The number of carboxylic acid groups (broad SMARTS) is 1. The zero-order chi connectivity index (χ0) is 14.3. The minimum absolute atomic E-state index is 0.0759. The Kier molecular flexibility index (Phi) is 5.53. The second kappa shape index (κ2) is 6.91. The molecule has 0 radical (unpaired) electrons. The number of carbonyl (C=O) groups is 1. The van der Waals surface area contributed by atoms with E-state index < -0.39 is 17.8 Å². The van der Waals surface area contributed by atoms with Crippen molar-refractivity contribution in [3.05, 3.63) is 18.0 Å². The van der Waals surface area contributed by atoms with Crippen LogP contribution in [0.3, 0.4) is 0 Å². The average Bonchev–Trinajstić information content (AvgIpc) is 2.32. The Labute approximate surface area is 107 Å². The van der Waals surface area contributed by atoms with Crippen LogP contribution >= 0.6 is 0 Å². The second-order valence-corrected chi connectivity index (χ2v) is 3.89. The molecule has 0 saturated carbocycles. The Morgan fingerprint density at radius 2 is 2.05 bits per heavy atom. The minimum atomic E-state index is -4.49. The topological polar surface area (TPSA) is 75.1 Å². The summed E-state index contributed by atoms with van der Waals surface area (Å²) in [5.41, 5.74) is -0.990. The fourth-order valence-electron chi connectivity index (χ4n) is 1.38. The fourth-order valence-corrected chi connectivity index (χ4v) is 1.38. The molecule has 1 aromatic rings. The number of nitrogens with one attached hydrogen (secondary N) is 1. The van der Waals surface area contributed by atoms with Gasteiger partial charge in [0.1, 0.15) is 5.69 Å². The second-order valence-electron chi connectivity index (χ2n) is 3.89. The van der Waals surface area contributed by atoms with Gasteiger partial charge in [0.05, 0.1) is 0 Å². The molecular formula is C11H14F3N3O2. The van der Waals surface area contributed by atoms with Crippen LogP contribution in [0.5, 0.6) is 0 Å². The molecule has 1 rings (SSSR count). The number of anilines is 1. The van der Waals surface area contributed by atoms with Crippen LogP contribution in [0.4, 0.5) is 19.1 Å². The van der Waals surface area contributed by atoms with Crippen molar-refractivity contribution in [1.29, 1.82) is 0 Å². The van der Waals surface area contributed by atoms with Gasteiger partial charge in [-0.3, -0.25) is 4.79 Å². The molecule has 0 aliphatic rings. The largest absolute Gasteiger partial charge is 0.481 e. The third kappa shape index (κ3) is 6.03. The van der Waals surface area contributed by atoms with Gasteiger partial charge in [0.25, 0.3) is 0 Å². The number of alkyl halides is 3. The highest BCUT2D eigenvalue weighted by Crippen LogP contribution is 2.27. The van der Waals surface area contributed by atoms with Crippen molar-refractivity contribution >= 4 is 11.9 Å². The Morgan fingerprint density at radius 1 is 1.32 bits per heavy atom. The van der Waals surface area contributed by atoms with E-state index in [0.29, 0.717) is 25.8 Å². The van der Waals surface area contributed by atoms with E-state index in [4.69, 9.17) is 5.11 Å². The molecule has 0 atom stereocenters. The highest BCUT2D eigenvalue weighted by atomic mass is 19.4. The molecule has 0 saturated heterocycles. The molecule has 0 aliphatic carbocycles. The lowest BCUT2D eigenvalue weighted by Gasteiger charge is -2.08. The molecule has 2 N–H and O–H groups in total. The number of rotatable bonds is 7. The van der Waals surface area contributed by atoms with E-state index in [0.717, 1.165) is 12.3 Å². The first-order chi connectivity index (χ1) is 8.89. The highest BCUT2D eigenvalue weighted by molar-refractivity contribution is 5.66. The quantitative estimate of drug-likeness (QED) is 0.749. The third-order valence-electron chi connectivity index (χ3n) is 2.30. The van der Waals surface area contributed by atoms with Crippen LogP contribution in [0.1, 0.15) is 31.4 Å². The lowest BCUT2D eigenvalue weighted by atomic mass is 10.2. The molecule has 0 amide bonds. The van der Waals surface area contributed by atoms with Crippen LogP contribution in [-0.2, 0) is 11.0 Å². The molecule has 0 spiro atoms. The molecular weight excluding hydrogens is 263 g/mol. The predicted molar refractivity (Wildman–Crippen MR) is 61.6 cm³/mol. The molecule has 0 bridgehead atoms. The standard InChI is InChI=1S/C11H14F3N3O2/c12-11(13,14)8-5-7-16-10(17-8)15-6-3-1-2-4-9(18)19/h5,7H,1-4,6H2,(H,18,19)(H,15,16,17). The summed E-state index contributed by atoms with van der Waals surface area (Å²) in [6, 6.07) is 0.804. The maximum atomic E-state index is 12.4. The Hall–Kier alpha value is -1.86. The normalized spacial score (nSPS) is 11.3. The summed E-state index contributed by atoms with van der Waals surface area (Å²) in [4.78, 5) is 17.3. The van der Waals surface area contributed by atoms with Crippen molar-refractivity contribution in [2.45, 2.75) is 31.9 Å². The predicted octanol–water partition coefficient (Wildman–Crippen LogP) is 2.55. The molecule has 8 heteroatoms. The number of hydrogen-bond acceptors (Lipinski definition) is 4. The number of hydrogen-bond donors (Lipinski definition) is 2. The van der Waals surface area contributed by atoms with E-state index in [1.165, 1.54) is 0 Å². The van der Waals surface area contributed by atoms with Gasteiger partial charge in [0.15, 0.2) is 0 Å². The average molecular weight is 277 g/mol. The van der Waals surface area contributed by atoms with Gasteiger partial charge in [-0.15, -0.1) is 0 Å². The van der Waals surface area contributed by atoms with Gasteiger partial charge in [0, 0.05) is 19.2 Å². The van der Waals surface area contributed by atoms with Crippen LogP contribution < -0.4 is 5.32 Å². The Bertz CT molecular complexity index is 424. The van der Waals surface area contributed by atoms with Crippen LogP contribution in [0.25, 0.3) is 0 Å². The van der Waals surface area contributed by atoms with E-state index in [9.17, 15) is 18.0 Å². The monoisotopic (exact) mass is 277 g/mol. The smallest absolute Gasteiger partial charge is 0.433 e. The molecule has 19 heavy (non-hydrogen) atoms. The number of nitrogens with zero attached hydrogens (tertiary/aromatic N) is 2. The van der Waals surface area contributed by atoms with Gasteiger partial charge in [-0.05, 0) is 18.9 Å². The number of aromatic nitrogens is 2. The first-order valence-corrected chi connectivity index (χ1v) is 5.75. The molecule has 106 valence electrons. The van der Waals surface area contributed by atoms with Gasteiger partial charge >= 0.3 is 12.1 Å². The van der Waals surface area contributed by atoms with Crippen molar-refractivity contribution < 1.29 is 23.1 Å². The van der Waals surface area contributed by atoms with E-state index in [-0.39, 0.29) is 12.4 Å². The van der Waals surface area contributed by atoms with Gasteiger partial charge in [-0.2, -0.15) is 13.2 Å². The van der Waals surface area contributed by atoms with Gasteiger partial charge in [-0.1, -0.05) is 6.42 Å².